The van der Waals surface area contributed by atoms with Crippen molar-refractivity contribution in [3.05, 3.63) is 11.6 Å². The number of nitrogens with one attached hydrogen (secondary N) is 1. The lowest BCUT2D eigenvalue weighted by Gasteiger charge is -2.17. The molecule has 1 atom stereocenters. The molecule has 0 aromatic heterocycles. The summed E-state index contributed by atoms with van der Waals surface area (Å²) < 4.78 is 4.88. The molecule has 1 unspecified atom stereocenters. The van der Waals surface area contributed by atoms with Crippen molar-refractivity contribution in [3.8, 4) is 0 Å². The van der Waals surface area contributed by atoms with E-state index < -0.39 is 12.0 Å². The molecule has 114 valence electrons. The summed E-state index contributed by atoms with van der Waals surface area (Å²) in [4.78, 5) is 34.9. The van der Waals surface area contributed by atoms with Gasteiger partial charge in [-0.05, 0) is 13.3 Å². The summed E-state index contributed by atoms with van der Waals surface area (Å²) in [6.45, 7) is 3.99. The Hall–Kier alpha value is -1.37. The Morgan fingerprint density at radius 1 is 1.45 bits per heavy atom. The summed E-state index contributed by atoms with van der Waals surface area (Å²) in [6.07, 6.45) is 2.72. The molecule has 0 heterocycles. The van der Waals surface area contributed by atoms with Gasteiger partial charge in [-0.2, -0.15) is 0 Å². The van der Waals surface area contributed by atoms with E-state index in [0.717, 1.165) is 5.57 Å². The van der Waals surface area contributed by atoms with Crippen molar-refractivity contribution < 1.29 is 19.1 Å². The number of halogens is 1. The van der Waals surface area contributed by atoms with Gasteiger partial charge in [-0.3, -0.25) is 9.59 Å². The molecule has 0 aromatic carbocycles. The minimum atomic E-state index is -0.803. The Morgan fingerprint density at radius 2 is 2.10 bits per heavy atom. The predicted octanol–water partition coefficient (Wildman–Crippen LogP) is 0.854. The molecular formula is C13H21BrN2O4. The summed E-state index contributed by atoms with van der Waals surface area (Å²) >= 11 is 3.33. The Morgan fingerprint density at radius 3 is 2.55 bits per heavy atom. The van der Waals surface area contributed by atoms with Crippen molar-refractivity contribution in [1.29, 1.82) is 0 Å². The van der Waals surface area contributed by atoms with Gasteiger partial charge < -0.3 is 15.0 Å². The monoisotopic (exact) mass is 348 g/mol. The van der Waals surface area contributed by atoms with Gasteiger partial charge in [0.15, 0.2) is 0 Å². The molecule has 7 heteroatoms. The normalized spacial score (nSPS) is 12.5. The molecule has 0 radical (unpaired) electrons. The molecule has 0 fully saturated rings. The summed E-state index contributed by atoms with van der Waals surface area (Å²) in [6, 6.07) is -0.803. The maximum Gasteiger partial charge on any atom is 0.332 e. The number of carbonyl (C=O) groups excluding carboxylic acids is 3. The van der Waals surface area contributed by atoms with Crippen molar-refractivity contribution in [2.75, 3.05) is 25.5 Å². The van der Waals surface area contributed by atoms with Crippen molar-refractivity contribution in [1.82, 2.24) is 10.2 Å². The molecule has 0 spiro atoms. The Balaban J connectivity index is 4.73. The van der Waals surface area contributed by atoms with Crippen LogP contribution in [0.5, 0.6) is 0 Å². The highest BCUT2D eigenvalue weighted by Gasteiger charge is 2.17. The largest absolute Gasteiger partial charge is 0.464 e. The lowest BCUT2D eigenvalue weighted by molar-refractivity contribution is -0.145. The molecular weight excluding hydrogens is 328 g/mol. The SMILES string of the molecule is CCOC(=O)C(/C=C(\CBr)CCN(C)C(C)=O)NC=O. The molecule has 20 heavy (non-hydrogen) atoms. The highest BCUT2D eigenvalue weighted by molar-refractivity contribution is 9.09. The molecule has 0 aliphatic carbocycles. The number of hydrogen-bond donors (Lipinski definition) is 1. The molecule has 0 saturated carbocycles. The van der Waals surface area contributed by atoms with Crippen LogP contribution in [0.25, 0.3) is 0 Å². The highest BCUT2D eigenvalue weighted by atomic mass is 79.9. The molecule has 0 aromatic rings. The molecule has 2 amide bonds. The second-order valence-corrected chi connectivity index (χ2v) is 4.72. The number of amides is 2. The topological polar surface area (TPSA) is 75.7 Å². The average Bonchev–Trinajstić information content (AvgIpc) is 2.41. The lowest BCUT2D eigenvalue weighted by atomic mass is 10.1. The number of rotatable bonds is 9. The number of ether oxygens (including phenoxy) is 1. The molecule has 0 bridgehead atoms. The number of carbonyl (C=O) groups is 3. The predicted molar refractivity (Wildman–Crippen MR) is 79.4 cm³/mol. The van der Waals surface area contributed by atoms with Crippen LogP contribution in [0.3, 0.4) is 0 Å². The molecule has 0 rings (SSSR count). The first kappa shape index (κ1) is 18.6. The van der Waals surface area contributed by atoms with E-state index >= 15 is 0 Å². The standard InChI is InChI=1S/C13H21BrN2O4/c1-4-20-13(19)12(15-9-17)7-11(8-14)5-6-16(3)10(2)18/h7,9,12H,4-6,8H2,1-3H3,(H,15,17)/b11-7-. The number of alkyl halides is 1. The van der Waals surface area contributed by atoms with Crippen molar-refractivity contribution >= 4 is 34.2 Å². The molecule has 0 aliphatic heterocycles. The van der Waals surface area contributed by atoms with Crippen LogP contribution in [0.1, 0.15) is 20.3 Å². The molecule has 1 N–H and O–H groups in total. The highest BCUT2D eigenvalue weighted by Crippen LogP contribution is 2.09. The summed E-state index contributed by atoms with van der Waals surface area (Å²) in [5.74, 6) is -0.523. The minimum Gasteiger partial charge on any atom is -0.464 e. The van der Waals surface area contributed by atoms with Gasteiger partial charge in [0, 0.05) is 25.8 Å². The van der Waals surface area contributed by atoms with E-state index in [2.05, 4.69) is 21.2 Å². The summed E-state index contributed by atoms with van der Waals surface area (Å²) in [7, 11) is 1.71. The fourth-order valence-corrected chi connectivity index (χ4v) is 1.86. The second kappa shape index (κ2) is 10.4. The first-order valence-electron chi connectivity index (χ1n) is 6.29. The Labute approximate surface area is 127 Å². The zero-order chi connectivity index (χ0) is 15.5. The zero-order valence-corrected chi connectivity index (χ0v) is 13.6. The third-order valence-corrected chi connectivity index (χ3v) is 3.39. The van der Waals surface area contributed by atoms with Gasteiger partial charge in [-0.25, -0.2) is 4.79 Å². The van der Waals surface area contributed by atoms with Crippen LogP contribution in [-0.4, -0.2) is 54.8 Å². The van der Waals surface area contributed by atoms with Crippen molar-refractivity contribution in [2.24, 2.45) is 0 Å². The van der Waals surface area contributed by atoms with E-state index in [9.17, 15) is 14.4 Å². The molecule has 0 saturated heterocycles. The van der Waals surface area contributed by atoms with Crippen LogP contribution in [0.15, 0.2) is 11.6 Å². The third-order valence-electron chi connectivity index (χ3n) is 2.67. The van der Waals surface area contributed by atoms with Crippen LogP contribution in [-0.2, 0) is 19.1 Å². The summed E-state index contributed by atoms with van der Waals surface area (Å²) in [5.41, 5.74) is 0.908. The molecule has 6 nitrogen and oxygen atoms in total. The maximum absolute atomic E-state index is 11.7. The Kier molecular flexibility index (Phi) is 9.71. The fourth-order valence-electron chi connectivity index (χ4n) is 1.39. The maximum atomic E-state index is 11.7. The van der Waals surface area contributed by atoms with Crippen LogP contribution in [0, 0.1) is 0 Å². The van der Waals surface area contributed by atoms with Crippen molar-refractivity contribution in [3.63, 3.8) is 0 Å². The first-order chi connectivity index (χ1) is 9.46. The van der Waals surface area contributed by atoms with Crippen LogP contribution < -0.4 is 5.32 Å². The third kappa shape index (κ3) is 7.28. The summed E-state index contributed by atoms with van der Waals surface area (Å²) in [5, 5.41) is 2.96. The minimum absolute atomic E-state index is 0.0214. The number of nitrogens with zero attached hydrogens (tertiary/aromatic N) is 1. The smallest absolute Gasteiger partial charge is 0.332 e. The van der Waals surface area contributed by atoms with E-state index in [1.54, 1.807) is 24.9 Å². The van der Waals surface area contributed by atoms with Gasteiger partial charge in [-0.1, -0.05) is 27.6 Å². The van der Waals surface area contributed by atoms with E-state index in [1.807, 2.05) is 0 Å². The van der Waals surface area contributed by atoms with Gasteiger partial charge >= 0.3 is 5.97 Å². The average molecular weight is 349 g/mol. The van der Waals surface area contributed by atoms with E-state index in [0.29, 0.717) is 24.7 Å². The van der Waals surface area contributed by atoms with E-state index in [1.165, 1.54) is 6.92 Å². The quantitative estimate of drug-likeness (QED) is 0.290. The van der Waals surface area contributed by atoms with Crippen LogP contribution in [0.4, 0.5) is 0 Å². The van der Waals surface area contributed by atoms with Crippen LogP contribution in [0.2, 0.25) is 0 Å². The van der Waals surface area contributed by atoms with Gasteiger partial charge in [0.25, 0.3) is 0 Å². The van der Waals surface area contributed by atoms with Gasteiger partial charge in [0.2, 0.25) is 12.3 Å². The van der Waals surface area contributed by atoms with Crippen molar-refractivity contribution in [2.45, 2.75) is 26.3 Å². The van der Waals surface area contributed by atoms with Gasteiger partial charge in [0.05, 0.1) is 6.61 Å². The van der Waals surface area contributed by atoms with Gasteiger partial charge in [0.1, 0.15) is 6.04 Å². The second-order valence-electron chi connectivity index (χ2n) is 4.16. The Bertz CT molecular complexity index is 371. The van der Waals surface area contributed by atoms with E-state index in [-0.39, 0.29) is 12.5 Å². The fraction of sp³-hybridized carbons (Fsp3) is 0.615. The first-order valence-corrected chi connectivity index (χ1v) is 7.41. The number of esters is 1. The van der Waals surface area contributed by atoms with Crippen LogP contribution >= 0.6 is 15.9 Å². The number of hydrogen-bond acceptors (Lipinski definition) is 4. The van der Waals surface area contributed by atoms with Gasteiger partial charge in [-0.15, -0.1) is 0 Å². The molecule has 0 aliphatic rings. The lowest BCUT2D eigenvalue weighted by Crippen LogP contribution is -2.36. The van der Waals surface area contributed by atoms with E-state index in [4.69, 9.17) is 4.74 Å². The zero-order valence-electron chi connectivity index (χ0n) is 12.0.